The second-order valence-corrected chi connectivity index (χ2v) is 12.5. The molecule has 4 aromatic carbocycles. The van der Waals surface area contributed by atoms with Gasteiger partial charge in [0.1, 0.15) is 12.6 Å². The van der Waals surface area contributed by atoms with Gasteiger partial charge in [-0.3, -0.25) is 13.9 Å². The van der Waals surface area contributed by atoms with Crippen LogP contribution in [0, 0.1) is 0 Å². The van der Waals surface area contributed by atoms with E-state index in [0.29, 0.717) is 10.6 Å². The van der Waals surface area contributed by atoms with Crippen LogP contribution in [0.25, 0.3) is 0 Å². The van der Waals surface area contributed by atoms with E-state index in [-0.39, 0.29) is 33.6 Å². The van der Waals surface area contributed by atoms with Gasteiger partial charge < -0.3 is 10.2 Å². The van der Waals surface area contributed by atoms with Gasteiger partial charge in [0.05, 0.1) is 15.6 Å². The highest BCUT2D eigenvalue weighted by Crippen LogP contribution is 2.33. The Hall–Kier alpha value is -3.56. The van der Waals surface area contributed by atoms with E-state index in [2.05, 4.69) is 5.32 Å². The zero-order valence-corrected chi connectivity index (χ0v) is 25.7. The van der Waals surface area contributed by atoms with Crippen LogP contribution in [0.5, 0.6) is 0 Å². The number of nitrogens with zero attached hydrogens (tertiary/aromatic N) is 2. The summed E-state index contributed by atoms with van der Waals surface area (Å²) in [5.41, 5.74) is 1.43. The predicted octanol–water partition coefficient (Wildman–Crippen LogP) is 6.23. The highest BCUT2D eigenvalue weighted by molar-refractivity contribution is 7.92. The molecule has 0 fully saturated rings. The molecule has 0 aromatic heterocycles. The summed E-state index contributed by atoms with van der Waals surface area (Å²) in [6, 6.07) is 27.3. The Labute approximate surface area is 260 Å². The standard InChI is InChI=1S/C31H28Cl3N3O4S/c1-35-31(39)29(18-22-10-4-2-5-11-22)36(20-23-12-8-9-15-26(23)33)30(38)21-37(28-19-24(32)16-17-27(28)34)42(40,41)25-13-6-3-7-14-25/h2-17,19,29H,18,20-21H2,1H3,(H,35,39)/t29-/m1/s1. The fourth-order valence-corrected chi connectivity index (χ4v) is 6.52. The molecule has 42 heavy (non-hydrogen) atoms. The molecule has 4 aromatic rings. The SMILES string of the molecule is CNC(=O)[C@@H](Cc1ccccc1)N(Cc1ccccc1Cl)C(=O)CN(c1cc(Cl)ccc1Cl)S(=O)(=O)c1ccccc1. The van der Waals surface area contributed by atoms with Crippen LogP contribution in [0.3, 0.4) is 0 Å². The number of carbonyl (C=O) groups excluding carboxylic acids is 2. The van der Waals surface area contributed by atoms with Gasteiger partial charge in [0.15, 0.2) is 0 Å². The molecule has 218 valence electrons. The summed E-state index contributed by atoms with van der Waals surface area (Å²) in [5, 5.41) is 3.35. The first-order valence-electron chi connectivity index (χ1n) is 12.9. The van der Waals surface area contributed by atoms with Crippen molar-refractivity contribution in [2.45, 2.75) is 23.9 Å². The largest absolute Gasteiger partial charge is 0.357 e. The predicted molar refractivity (Wildman–Crippen MR) is 167 cm³/mol. The third-order valence-corrected chi connectivity index (χ3v) is 9.30. The molecule has 4 rings (SSSR count). The van der Waals surface area contributed by atoms with Gasteiger partial charge in [-0.1, -0.05) is 102 Å². The number of hydrogen-bond acceptors (Lipinski definition) is 4. The molecule has 0 aliphatic carbocycles. The minimum Gasteiger partial charge on any atom is -0.357 e. The van der Waals surface area contributed by atoms with Crippen molar-refractivity contribution < 1.29 is 18.0 Å². The van der Waals surface area contributed by atoms with Gasteiger partial charge in [-0.05, 0) is 47.5 Å². The normalized spacial score (nSPS) is 11.9. The molecule has 1 atom stereocenters. The summed E-state index contributed by atoms with van der Waals surface area (Å²) < 4.78 is 28.9. The number of hydrogen-bond donors (Lipinski definition) is 1. The number of nitrogens with one attached hydrogen (secondary N) is 1. The van der Waals surface area contributed by atoms with Crippen LogP contribution in [0.15, 0.2) is 108 Å². The lowest BCUT2D eigenvalue weighted by Crippen LogP contribution is -2.53. The molecule has 7 nitrogen and oxygen atoms in total. The molecule has 0 radical (unpaired) electrons. The summed E-state index contributed by atoms with van der Waals surface area (Å²) in [4.78, 5) is 28.9. The van der Waals surface area contributed by atoms with Gasteiger partial charge in [0.25, 0.3) is 10.0 Å². The molecule has 0 aliphatic rings. The van der Waals surface area contributed by atoms with Crippen molar-refractivity contribution in [3.05, 3.63) is 129 Å². The Kier molecular flexibility index (Phi) is 10.5. The van der Waals surface area contributed by atoms with Crippen LogP contribution in [0.2, 0.25) is 15.1 Å². The Bertz CT molecular complexity index is 1650. The fraction of sp³-hybridized carbons (Fsp3) is 0.161. The Morgan fingerprint density at radius 2 is 1.43 bits per heavy atom. The van der Waals surface area contributed by atoms with Crippen molar-refractivity contribution in [2.75, 3.05) is 17.9 Å². The van der Waals surface area contributed by atoms with Gasteiger partial charge in [-0.25, -0.2) is 8.42 Å². The number of carbonyl (C=O) groups is 2. The van der Waals surface area contributed by atoms with Crippen molar-refractivity contribution in [2.24, 2.45) is 0 Å². The van der Waals surface area contributed by atoms with E-state index in [1.54, 1.807) is 42.5 Å². The molecule has 0 saturated heterocycles. The third kappa shape index (κ3) is 7.44. The first-order valence-corrected chi connectivity index (χ1v) is 15.5. The molecule has 0 saturated carbocycles. The number of anilines is 1. The van der Waals surface area contributed by atoms with E-state index in [9.17, 15) is 18.0 Å². The second kappa shape index (κ2) is 14.1. The Morgan fingerprint density at radius 3 is 2.07 bits per heavy atom. The molecule has 0 heterocycles. The molecular weight excluding hydrogens is 617 g/mol. The van der Waals surface area contributed by atoms with E-state index in [1.807, 2.05) is 30.3 Å². The van der Waals surface area contributed by atoms with E-state index in [0.717, 1.165) is 9.87 Å². The fourth-order valence-electron chi connectivity index (χ4n) is 4.44. The van der Waals surface area contributed by atoms with Crippen molar-refractivity contribution >= 4 is 62.3 Å². The molecule has 11 heteroatoms. The summed E-state index contributed by atoms with van der Waals surface area (Å²) in [7, 11) is -2.81. The first-order chi connectivity index (χ1) is 20.1. The maximum absolute atomic E-state index is 14.3. The molecule has 0 unspecified atom stereocenters. The topological polar surface area (TPSA) is 86.8 Å². The zero-order valence-electron chi connectivity index (χ0n) is 22.6. The van der Waals surface area contributed by atoms with E-state index in [1.165, 1.54) is 42.3 Å². The quantitative estimate of drug-likeness (QED) is 0.210. The molecule has 0 aliphatic heterocycles. The highest BCUT2D eigenvalue weighted by atomic mass is 35.5. The van der Waals surface area contributed by atoms with E-state index >= 15 is 0 Å². The van der Waals surface area contributed by atoms with Crippen molar-refractivity contribution in [1.29, 1.82) is 0 Å². The van der Waals surface area contributed by atoms with Crippen LogP contribution in [0.4, 0.5) is 5.69 Å². The number of amides is 2. The summed E-state index contributed by atoms with van der Waals surface area (Å²) >= 11 is 19.2. The van der Waals surface area contributed by atoms with Gasteiger partial charge in [-0.15, -0.1) is 0 Å². The maximum atomic E-state index is 14.3. The molecular formula is C31H28Cl3N3O4S. The minimum atomic E-state index is -4.30. The average Bonchev–Trinajstić information content (AvgIpc) is 3.00. The van der Waals surface area contributed by atoms with Gasteiger partial charge in [0.2, 0.25) is 11.8 Å². The molecule has 2 amide bonds. The third-order valence-electron chi connectivity index (χ3n) is 6.60. The summed E-state index contributed by atoms with van der Waals surface area (Å²) in [6.07, 6.45) is 0.181. The number of rotatable bonds is 11. The van der Waals surface area contributed by atoms with Crippen molar-refractivity contribution in [1.82, 2.24) is 10.2 Å². The number of benzene rings is 4. The minimum absolute atomic E-state index is 0.0265. The van der Waals surface area contributed by atoms with Gasteiger partial charge in [0, 0.05) is 30.1 Å². The average molecular weight is 645 g/mol. The monoisotopic (exact) mass is 643 g/mol. The summed E-state index contributed by atoms with van der Waals surface area (Å²) in [6.45, 7) is -0.712. The van der Waals surface area contributed by atoms with Gasteiger partial charge in [-0.2, -0.15) is 0 Å². The van der Waals surface area contributed by atoms with Crippen LogP contribution in [0.1, 0.15) is 11.1 Å². The number of halogens is 3. The van der Waals surface area contributed by atoms with Gasteiger partial charge >= 0.3 is 0 Å². The highest BCUT2D eigenvalue weighted by Gasteiger charge is 2.35. The van der Waals surface area contributed by atoms with Crippen LogP contribution in [-0.2, 0) is 32.6 Å². The van der Waals surface area contributed by atoms with E-state index < -0.39 is 34.4 Å². The second-order valence-electron chi connectivity index (χ2n) is 9.35. The molecule has 0 bridgehead atoms. The summed E-state index contributed by atoms with van der Waals surface area (Å²) in [5.74, 6) is -1.06. The van der Waals surface area contributed by atoms with Crippen molar-refractivity contribution in [3.63, 3.8) is 0 Å². The van der Waals surface area contributed by atoms with Crippen LogP contribution >= 0.6 is 34.8 Å². The first kappa shape index (κ1) is 31.4. The number of sulfonamides is 1. The lowest BCUT2D eigenvalue weighted by Gasteiger charge is -2.34. The lowest BCUT2D eigenvalue weighted by molar-refractivity contribution is -0.139. The van der Waals surface area contributed by atoms with E-state index in [4.69, 9.17) is 34.8 Å². The lowest BCUT2D eigenvalue weighted by atomic mass is 10.0. The molecule has 1 N–H and O–H groups in total. The van der Waals surface area contributed by atoms with Crippen LogP contribution in [-0.4, -0.2) is 44.8 Å². The molecule has 0 spiro atoms. The van der Waals surface area contributed by atoms with Crippen molar-refractivity contribution in [3.8, 4) is 0 Å². The zero-order chi connectivity index (χ0) is 30.3. The maximum Gasteiger partial charge on any atom is 0.264 e. The smallest absolute Gasteiger partial charge is 0.264 e. The number of likely N-dealkylation sites (N-methyl/N-ethyl adjacent to an activating group) is 1. The van der Waals surface area contributed by atoms with Crippen LogP contribution < -0.4 is 9.62 Å². The Morgan fingerprint density at radius 1 is 0.810 bits per heavy atom. The Balaban J connectivity index is 1.82.